The number of carboxylic acids is 1. The molecule has 28 heavy (non-hydrogen) atoms. The summed E-state index contributed by atoms with van der Waals surface area (Å²) in [4.78, 5) is 38.8. The number of hydrogen-bond acceptors (Lipinski definition) is 5. The number of anilines is 1. The number of carbonyl (C=O) groups excluding carboxylic acids is 2. The number of hydrogen-bond donors (Lipinski definition) is 2. The SMILES string of the molecule is CCOC(=O)c1c(NC(=O)C2C3CCC(CC3)C2C(=O)O)sc2c1CCCC2. The minimum Gasteiger partial charge on any atom is -0.481 e. The topological polar surface area (TPSA) is 92.7 Å². The molecule has 0 radical (unpaired) electrons. The van der Waals surface area contributed by atoms with Gasteiger partial charge < -0.3 is 15.2 Å². The molecule has 1 aromatic rings. The molecule has 0 aliphatic heterocycles. The molecule has 2 N–H and O–H groups in total. The van der Waals surface area contributed by atoms with Gasteiger partial charge in [-0.3, -0.25) is 9.59 Å². The normalized spacial score (nSPS) is 28.5. The van der Waals surface area contributed by atoms with Gasteiger partial charge in [-0.15, -0.1) is 11.3 Å². The van der Waals surface area contributed by atoms with Crippen molar-refractivity contribution in [3.8, 4) is 0 Å². The van der Waals surface area contributed by atoms with Crippen molar-refractivity contribution in [3.63, 3.8) is 0 Å². The number of aryl methyl sites for hydroxylation is 1. The number of amides is 1. The zero-order valence-electron chi connectivity index (χ0n) is 16.2. The Balaban J connectivity index is 1.63. The third-order valence-electron chi connectivity index (χ3n) is 6.69. The van der Waals surface area contributed by atoms with Crippen molar-refractivity contribution in [3.05, 3.63) is 16.0 Å². The highest BCUT2D eigenvalue weighted by Gasteiger charge is 2.50. The number of esters is 1. The van der Waals surface area contributed by atoms with Gasteiger partial charge in [-0.25, -0.2) is 4.79 Å². The lowest BCUT2D eigenvalue weighted by Gasteiger charge is -2.45. The number of carboxylic acid groups (broad SMARTS) is 1. The maximum absolute atomic E-state index is 13.2. The first-order valence-corrected chi connectivity index (χ1v) is 11.2. The molecule has 3 saturated carbocycles. The summed E-state index contributed by atoms with van der Waals surface area (Å²) in [5.74, 6) is -2.44. The second-order valence-corrected chi connectivity index (χ2v) is 9.29. The molecule has 1 amide bonds. The van der Waals surface area contributed by atoms with Crippen LogP contribution in [0.5, 0.6) is 0 Å². The zero-order chi connectivity index (χ0) is 19.8. The molecule has 3 fully saturated rings. The van der Waals surface area contributed by atoms with Crippen LogP contribution in [-0.4, -0.2) is 29.6 Å². The van der Waals surface area contributed by atoms with Gasteiger partial charge in [-0.05, 0) is 75.7 Å². The summed E-state index contributed by atoms with van der Waals surface area (Å²) < 4.78 is 5.25. The second-order valence-electron chi connectivity index (χ2n) is 8.19. The summed E-state index contributed by atoms with van der Waals surface area (Å²) >= 11 is 1.46. The van der Waals surface area contributed by atoms with Crippen LogP contribution in [0, 0.1) is 23.7 Å². The minimum absolute atomic E-state index is 0.0827. The highest BCUT2D eigenvalue weighted by atomic mass is 32.1. The van der Waals surface area contributed by atoms with Crippen LogP contribution in [0.2, 0.25) is 0 Å². The van der Waals surface area contributed by atoms with Gasteiger partial charge in [0.2, 0.25) is 5.91 Å². The number of nitrogens with one attached hydrogen (secondary N) is 1. The second kappa shape index (κ2) is 7.85. The zero-order valence-corrected chi connectivity index (χ0v) is 17.0. The van der Waals surface area contributed by atoms with Crippen molar-refractivity contribution >= 4 is 34.2 Å². The smallest absolute Gasteiger partial charge is 0.341 e. The van der Waals surface area contributed by atoms with Gasteiger partial charge in [0.05, 0.1) is 24.0 Å². The Hall–Kier alpha value is -1.89. The maximum atomic E-state index is 13.2. The van der Waals surface area contributed by atoms with E-state index in [1.165, 1.54) is 11.3 Å². The molecular formula is C21H27NO5S. The summed E-state index contributed by atoms with van der Waals surface area (Å²) in [6, 6.07) is 0. The van der Waals surface area contributed by atoms with Gasteiger partial charge >= 0.3 is 11.9 Å². The van der Waals surface area contributed by atoms with E-state index in [2.05, 4.69) is 5.32 Å². The molecule has 2 bridgehead atoms. The first kappa shape index (κ1) is 19.4. The van der Waals surface area contributed by atoms with Gasteiger partial charge in [0, 0.05) is 4.88 Å². The third-order valence-corrected chi connectivity index (χ3v) is 7.90. The predicted octanol–water partition coefficient (Wildman–Crippen LogP) is 3.88. The summed E-state index contributed by atoms with van der Waals surface area (Å²) in [5, 5.41) is 13.2. The van der Waals surface area contributed by atoms with Crippen LogP contribution in [0.3, 0.4) is 0 Å². The molecule has 1 aromatic heterocycles. The van der Waals surface area contributed by atoms with Crippen molar-refractivity contribution in [1.29, 1.82) is 0 Å². The van der Waals surface area contributed by atoms with Crippen molar-refractivity contribution < 1.29 is 24.2 Å². The molecule has 0 spiro atoms. The molecule has 4 aliphatic rings. The van der Waals surface area contributed by atoms with Crippen LogP contribution >= 0.6 is 11.3 Å². The number of fused-ring (bicyclic) bond motifs is 4. The Bertz CT molecular complexity index is 793. The Kier molecular flexibility index (Phi) is 5.45. The van der Waals surface area contributed by atoms with E-state index < -0.39 is 23.8 Å². The van der Waals surface area contributed by atoms with E-state index >= 15 is 0 Å². The number of aliphatic carboxylic acids is 1. The van der Waals surface area contributed by atoms with E-state index in [1.54, 1.807) is 6.92 Å². The van der Waals surface area contributed by atoms with Gasteiger partial charge in [0.15, 0.2) is 0 Å². The average molecular weight is 406 g/mol. The molecule has 152 valence electrons. The van der Waals surface area contributed by atoms with E-state index in [9.17, 15) is 19.5 Å². The fourth-order valence-electron chi connectivity index (χ4n) is 5.45. The molecule has 2 atom stereocenters. The van der Waals surface area contributed by atoms with Gasteiger partial charge in [-0.1, -0.05) is 0 Å². The molecule has 0 aromatic carbocycles. The lowest BCUT2D eigenvalue weighted by atomic mass is 9.58. The van der Waals surface area contributed by atoms with Gasteiger partial charge in [0.25, 0.3) is 0 Å². The number of carbonyl (C=O) groups is 3. The van der Waals surface area contributed by atoms with Crippen LogP contribution in [0.1, 0.15) is 66.2 Å². The van der Waals surface area contributed by atoms with Crippen molar-refractivity contribution in [2.24, 2.45) is 23.7 Å². The Labute approximate surface area is 168 Å². The van der Waals surface area contributed by atoms with E-state index in [0.29, 0.717) is 10.6 Å². The molecule has 0 saturated heterocycles. The predicted molar refractivity (Wildman–Crippen MR) is 106 cm³/mol. The Morgan fingerprint density at radius 2 is 1.71 bits per heavy atom. The fraction of sp³-hybridized carbons (Fsp3) is 0.667. The van der Waals surface area contributed by atoms with Crippen molar-refractivity contribution in [2.75, 3.05) is 11.9 Å². The molecule has 4 aliphatic carbocycles. The van der Waals surface area contributed by atoms with E-state index in [1.807, 2.05) is 0 Å². The first-order chi connectivity index (χ1) is 13.5. The highest BCUT2D eigenvalue weighted by molar-refractivity contribution is 7.17. The van der Waals surface area contributed by atoms with Crippen LogP contribution in [-0.2, 0) is 27.2 Å². The number of thiophene rings is 1. The van der Waals surface area contributed by atoms with Gasteiger partial charge in [0.1, 0.15) is 5.00 Å². The summed E-state index contributed by atoms with van der Waals surface area (Å²) in [5.41, 5.74) is 1.49. The molecule has 1 heterocycles. The number of ether oxygens (including phenoxy) is 1. The molecular weight excluding hydrogens is 378 g/mol. The lowest BCUT2D eigenvalue weighted by Crippen LogP contribution is -2.49. The molecule has 6 nitrogen and oxygen atoms in total. The third kappa shape index (κ3) is 3.34. The minimum atomic E-state index is -0.870. The lowest BCUT2D eigenvalue weighted by molar-refractivity contribution is -0.156. The quantitative estimate of drug-likeness (QED) is 0.725. The van der Waals surface area contributed by atoms with Crippen LogP contribution in [0.25, 0.3) is 0 Å². The Morgan fingerprint density at radius 1 is 1.07 bits per heavy atom. The van der Waals surface area contributed by atoms with Crippen LogP contribution < -0.4 is 5.32 Å². The molecule has 5 rings (SSSR count). The maximum Gasteiger partial charge on any atom is 0.341 e. The highest BCUT2D eigenvalue weighted by Crippen LogP contribution is 2.49. The van der Waals surface area contributed by atoms with E-state index in [4.69, 9.17) is 4.74 Å². The monoisotopic (exact) mass is 405 g/mol. The average Bonchev–Trinajstić information content (AvgIpc) is 3.06. The van der Waals surface area contributed by atoms with Gasteiger partial charge in [-0.2, -0.15) is 0 Å². The van der Waals surface area contributed by atoms with Crippen molar-refractivity contribution in [2.45, 2.75) is 58.3 Å². The van der Waals surface area contributed by atoms with Crippen molar-refractivity contribution in [1.82, 2.24) is 0 Å². The summed E-state index contributed by atoms with van der Waals surface area (Å²) in [6.07, 6.45) is 7.46. The number of rotatable bonds is 5. The molecule has 2 unspecified atom stereocenters. The Morgan fingerprint density at radius 3 is 2.36 bits per heavy atom. The molecule has 7 heteroatoms. The van der Waals surface area contributed by atoms with E-state index in [0.717, 1.165) is 61.8 Å². The van der Waals surface area contributed by atoms with Crippen LogP contribution in [0.4, 0.5) is 5.00 Å². The standard InChI is InChI=1S/C21H27NO5S/c1-2-27-21(26)17-13-5-3-4-6-14(13)28-19(17)22-18(23)15-11-7-9-12(10-8-11)16(15)20(24)25/h11-12,15-16H,2-10H2,1H3,(H,22,23)(H,24,25). The van der Waals surface area contributed by atoms with Crippen LogP contribution in [0.15, 0.2) is 0 Å². The largest absolute Gasteiger partial charge is 0.481 e. The summed E-state index contributed by atoms with van der Waals surface area (Å²) in [7, 11) is 0. The summed E-state index contributed by atoms with van der Waals surface area (Å²) in [6.45, 7) is 2.05. The first-order valence-electron chi connectivity index (χ1n) is 10.4. The fourth-order valence-corrected chi connectivity index (χ4v) is 6.73. The van der Waals surface area contributed by atoms with E-state index in [-0.39, 0.29) is 24.3 Å².